The summed E-state index contributed by atoms with van der Waals surface area (Å²) in [5.74, 6) is -4.73. The number of nitrogens with one attached hydrogen (secondary N) is 1. The first-order valence-corrected chi connectivity index (χ1v) is 9.84. The number of hydrazone groups is 1. The zero-order valence-electron chi connectivity index (χ0n) is 17.3. The highest BCUT2D eigenvalue weighted by Gasteiger charge is 2.67. The Bertz CT molecular complexity index is 1260. The van der Waals surface area contributed by atoms with Crippen molar-refractivity contribution < 1.29 is 37.2 Å². The molecule has 2 aromatic rings. The van der Waals surface area contributed by atoms with Crippen LogP contribution in [-0.2, 0) is 30.8 Å². The van der Waals surface area contributed by atoms with Gasteiger partial charge in [0.1, 0.15) is 5.92 Å². The number of amides is 2. The van der Waals surface area contributed by atoms with Crippen LogP contribution in [0.4, 0.5) is 24.5 Å². The summed E-state index contributed by atoms with van der Waals surface area (Å²) < 4.78 is 44.7. The monoisotopic (exact) mass is 476 g/mol. The molecule has 34 heavy (non-hydrogen) atoms. The summed E-state index contributed by atoms with van der Waals surface area (Å²) in [4.78, 5) is 50.7. The zero-order chi connectivity index (χ0) is 24.8. The van der Waals surface area contributed by atoms with Gasteiger partial charge in [-0.15, -0.1) is 0 Å². The molecule has 176 valence electrons. The minimum atomic E-state index is -4.74. The van der Waals surface area contributed by atoms with E-state index in [1.807, 2.05) is 0 Å². The smallest absolute Gasteiger partial charge is 0.416 e. The van der Waals surface area contributed by atoms with E-state index in [9.17, 15) is 37.7 Å². The predicted octanol–water partition coefficient (Wildman–Crippen LogP) is 2.52. The van der Waals surface area contributed by atoms with Gasteiger partial charge < -0.3 is 4.74 Å². The number of nitro groups is 1. The van der Waals surface area contributed by atoms with Crippen molar-refractivity contribution in [2.24, 2.45) is 11.0 Å². The van der Waals surface area contributed by atoms with Crippen LogP contribution in [-0.4, -0.2) is 35.0 Å². The molecule has 0 saturated carbocycles. The third-order valence-corrected chi connectivity index (χ3v) is 5.50. The van der Waals surface area contributed by atoms with E-state index in [2.05, 4.69) is 10.5 Å². The Hall–Kier alpha value is -4.29. The first-order valence-electron chi connectivity index (χ1n) is 9.84. The summed E-state index contributed by atoms with van der Waals surface area (Å²) in [7, 11) is 0. The number of fused-ring (bicyclic) bond motifs is 1. The number of hydrogen-bond donors (Lipinski definition) is 1. The third-order valence-electron chi connectivity index (χ3n) is 5.50. The fraction of sp³-hybridized carbons (Fsp3) is 0.238. The molecule has 2 amide bonds. The minimum Gasteiger partial charge on any atom is -0.461 e. The molecule has 0 radical (unpaired) electrons. The average Bonchev–Trinajstić information content (AvgIpc) is 3.29. The number of halogens is 3. The Kier molecular flexibility index (Phi) is 5.34. The number of anilines is 1. The molecule has 2 aromatic carbocycles. The fourth-order valence-corrected chi connectivity index (χ4v) is 4.02. The molecular weight excluding hydrogens is 461 g/mol. The predicted molar refractivity (Wildman–Crippen MR) is 109 cm³/mol. The second-order valence-corrected chi connectivity index (χ2v) is 7.40. The number of carbonyl (C=O) groups excluding carboxylic acids is 3. The number of non-ortho nitro benzene ring substituents is 1. The molecule has 0 bridgehead atoms. The number of rotatable bonds is 5. The lowest BCUT2D eigenvalue weighted by Gasteiger charge is -2.26. The Labute approximate surface area is 189 Å². The van der Waals surface area contributed by atoms with Crippen molar-refractivity contribution in [2.75, 3.05) is 11.5 Å². The third kappa shape index (κ3) is 3.36. The molecule has 2 aliphatic rings. The molecule has 13 heteroatoms. The van der Waals surface area contributed by atoms with Gasteiger partial charge in [-0.1, -0.05) is 18.2 Å². The summed E-state index contributed by atoms with van der Waals surface area (Å²) >= 11 is 0. The first kappa shape index (κ1) is 22.9. The van der Waals surface area contributed by atoms with Crippen LogP contribution in [0.5, 0.6) is 0 Å². The van der Waals surface area contributed by atoms with Gasteiger partial charge in [-0.25, -0.2) is 9.69 Å². The molecule has 1 fully saturated rings. The first-order chi connectivity index (χ1) is 16.0. The topological polar surface area (TPSA) is 131 Å². The van der Waals surface area contributed by atoms with Crippen molar-refractivity contribution in [3.63, 3.8) is 0 Å². The summed E-state index contributed by atoms with van der Waals surface area (Å²) in [6.45, 7) is 1.43. The quantitative estimate of drug-likeness (QED) is 0.304. The molecule has 2 heterocycles. The summed E-state index contributed by atoms with van der Waals surface area (Å²) in [5.41, 5.74) is -2.06. The van der Waals surface area contributed by atoms with Gasteiger partial charge in [0.2, 0.25) is 5.91 Å². The molecule has 2 atom stereocenters. The fourth-order valence-electron chi connectivity index (χ4n) is 4.02. The maximum atomic E-state index is 13.7. The highest BCUT2D eigenvalue weighted by Crippen LogP contribution is 2.46. The molecule has 0 aliphatic carbocycles. The van der Waals surface area contributed by atoms with Gasteiger partial charge >= 0.3 is 12.1 Å². The summed E-state index contributed by atoms with van der Waals surface area (Å²) in [6, 6.07) is 8.34. The largest absolute Gasteiger partial charge is 0.461 e. The number of benzene rings is 2. The van der Waals surface area contributed by atoms with Crippen LogP contribution in [0, 0.1) is 16.0 Å². The molecular formula is C21H15F3N4O6. The minimum absolute atomic E-state index is 0.0671. The van der Waals surface area contributed by atoms with E-state index in [1.54, 1.807) is 0 Å². The van der Waals surface area contributed by atoms with Crippen molar-refractivity contribution in [2.45, 2.75) is 18.6 Å². The van der Waals surface area contributed by atoms with E-state index in [0.717, 1.165) is 30.3 Å². The lowest BCUT2D eigenvalue weighted by Crippen LogP contribution is -2.48. The van der Waals surface area contributed by atoms with Crippen LogP contribution in [0.3, 0.4) is 0 Å². The highest BCUT2D eigenvalue weighted by molar-refractivity contribution is 6.47. The van der Waals surface area contributed by atoms with Crippen LogP contribution in [0.15, 0.2) is 53.6 Å². The van der Waals surface area contributed by atoms with Crippen molar-refractivity contribution in [3.8, 4) is 0 Å². The van der Waals surface area contributed by atoms with Gasteiger partial charge in [0.15, 0.2) is 11.3 Å². The molecule has 0 spiro atoms. The summed E-state index contributed by atoms with van der Waals surface area (Å²) in [5, 5.41) is 15.1. The van der Waals surface area contributed by atoms with E-state index in [1.165, 1.54) is 19.1 Å². The molecule has 1 saturated heterocycles. The second-order valence-electron chi connectivity index (χ2n) is 7.40. The van der Waals surface area contributed by atoms with Crippen molar-refractivity contribution in [1.29, 1.82) is 0 Å². The molecule has 1 N–H and O–H groups in total. The number of nitro benzene ring substituents is 1. The van der Waals surface area contributed by atoms with E-state index in [-0.39, 0.29) is 17.9 Å². The number of alkyl halides is 3. The Morgan fingerprint density at radius 1 is 1.24 bits per heavy atom. The van der Waals surface area contributed by atoms with Gasteiger partial charge in [-0.05, 0) is 30.7 Å². The van der Waals surface area contributed by atoms with Crippen LogP contribution in [0.25, 0.3) is 0 Å². The number of carbonyl (C=O) groups is 3. The van der Waals surface area contributed by atoms with Crippen molar-refractivity contribution in [1.82, 2.24) is 5.43 Å². The number of hydrogen-bond acceptors (Lipinski definition) is 8. The van der Waals surface area contributed by atoms with E-state index in [0.29, 0.717) is 11.0 Å². The van der Waals surface area contributed by atoms with Crippen LogP contribution in [0.2, 0.25) is 0 Å². The normalized spacial score (nSPS) is 21.7. The molecule has 4 rings (SSSR count). The number of imide groups is 1. The maximum Gasteiger partial charge on any atom is 0.416 e. The molecule has 2 aliphatic heterocycles. The summed E-state index contributed by atoms with van der Waals surface area (Å²) in [6.07, 6.45) is -4.74. The average molecular weight is 476 g/mol. The maximum absolute atomic E-state index is 13.7. The Balaban J connectivity index is 1.89. The lowest BCUT2D eigenvalue weighted by atomic mass is 9.78. The van der Waals surface area contributed by atoms with Crippen LogP contribution in [0.1, 0.15) is 18.1 Å². The zero-order valence-corrected chi connectivity index (χ0v) is 17.3. The van der Waals surface area contributed by atoms with Crippen LogP contribution < -0.4 is 10.3 Å². The number of nitrogens with zero attached hydrogens (tertiary/aromatic N) is 3. The highest BCUT2D eigenvalue weighted by atomic mass is 19.4. The van der Waals surface area contributed by atoms with Gasteiger partial charge in [0.25, 0.3) is 11.6 Å². The molecule has 0 unspecified atom stereocenters. The van der Waals surface area contributed by atoms with Gasteiger partial charge in [-0.2, -0.15) is 18.3 Å². The molecule has 0 aromatic heterocycles. The van der Waals surface area contributed by atoms with Crippen LogP contribution >= 0.6 is 0 Å². The lowest BCUT2D eigenvalue weighted by molar-refractivity contribution is -0.385. The van der Waals surface area contributed by atoms with Gasteiger partial charge in [0, 0.05) is 12.1 Å². The molecule has 10 nitrogen and oxygen atoms in total. The Morgan fingerprint density at radius 3 is 2.59 bits per heavy atom. The second kappa shape index (κ2) is 7.93. The van der Waals surface area contributed by atoms with E-state index in [4.69, 9.17) is 4.74 Å². The van der Waals surface area contributed by atoms with Gasteiger partial charge in [0.05, 0.1) is 22.8 Å². The SMILES string of the molecule is CCOC(=O)C1=NN[C@@]2(c3cccc([N+](=O)[O-])c3)C(=O)N(c3cccc(C(F)(F)F)c3)C(=O)[C@H]12. The number of esters is 1. The number of ether oxygens (including phenoxy) is 1. The standard InChI is InChI=1S/C21H15F3N4O6/c1-2-34-18(30)16-15-17(29)27(13-7-4-6-12(10-13)21(22,23)24)19(31)20(15,26-25-16)11-5-3-8-14(9-11)28(32)33/h3-10,15,26H,2H2,1H3/t15-,20+/m0/s1. The van der Waals surface area contributed by atoms with Gasteiger partial charge in [-0.3, -0.25) is 25.1 Å². The van der Waals surface area contributed by atoms with E-state index >= 15 is 0 Å². The van der Waals surface area contributed by atoms with Crippen molar-refractivity contribution in [3.05, 3.63) is 69.8 Å². The Morgan fingerprint density at radius 2 is 1.94 bits per heavy atom. The van der Waals surface area contributed by atoms with E-state index < -0.39 is 57.3 Å². The van der Waals surface area contributed by atoms with Crippen molar-refractivity contribution >= 4 is 34.9 Å².